The van der Waals surface area contributed by atoms with Gasteiger partial charge in [-0.05, 0) is 6.92 Å². The van der Waals surface area contributed by atoms with Crippen LogP contribution < -0.4 is 4.90 Å². The second-order valence-electron chi connectivity index (χ2n) is 4.47. The molecule has 0 bridgehead atoms. The maximum Gasteiger partial charge on any atom is 0.135 e. The van der Waals surface area contributed by atoms with E-state index in [4.69, 9.17) is 16.9 Å². The summed E-state index contributed by atoms with van der Waals surface area (Å²) in [4.78, 5) is 10.5. The molecule has 0 fully saturated rings. The summed E-state index contributed by atoms with van der Waals surface area (Å²) in [5.74, 6) is 1.67. The molecule has 5 heteroatoms. The van der Waals surface area contributed by atoms with Crippen LogP contribution in [0.2, 0.25) is 5.15 Å². The highest BCUT2D eigenvalue weighted by atomic mass is 35.5. The Balaban J connectivity index is 2.94. The molecule has 0 N–H and O–H groups in total. The van der Waals surface area contributed by atoms with Crippen LogP contribution in [0.3, 0.4) is 0 Å². The molecule has 1 aromatic heterocycles. The standard InChI is InChI=1S/C12H17ClN4/c1-8(2)12-15-10(13)5-11(16-12)17(4)7-9(3)6-14/h5,8-9H,7H2,1-4H3. The third-order valence-corrected chi connectivity index (χ3v) is 2.57. The third-order valence-electron chi connectivity index (χ3n) is 2.37. The van der Waals surface area contributed by atoms with E-state index in [1.54, 1.807) is 6.07 Å². The molecule has 0 spiro atoms. The van der Waals surface area contributed by atoms with Crippen molar-refractivity contribution in [3.8, 4) is 6.07 Å². The number of anilines is 1. The Morgan fingerprint density at radius 1 is 1.41 bits per heavy atom. The molecule has 0 amide bonds. The van der Waals surface area contributed by atoms with Gasteiger partial charge in [0.1, 0.15) is 16.8 Å². The van der Waals surface area contributed by atoms with E-state index in [1.807, 2.05) is 32.7 Å². The van der Waals surface area contributed by atoms with Crippen molar-refractivity contribution in [1.82, 2.24) is 9.97 Å². The highest BCUT2D eigenvalue weighted by molar-refractivity contribution is 6.29. The van der Waals surface area contributed by atoms with Crippen molar-refractivity contribution >= 4 is 17.4 Å². The fraction of sp³-hybridized carbons (Fsp3) is 0.583. The smallest absolute Gasteiger partial charge is 0.135 e. The fourth-order valence-corrected chi connectivity index (χ4v) is 1.61. The van der Waals surface area contributed by atoms with Crippen LogP contribution in [0.15, 0.2) is 6.07 Å². The number of aromatic nitrogens is 2. The molecule has 0 saturated heterocycles. The van der Waals surface area contributed by atoms with Gasteiger partial charge in [-0.25, -0.2) is 9.97 Å². The van der Waals surface area contributed by atoms with Gasteiger partial charge in [0.05, 0.1) is 12.0 Å². The normalized spacial score (nSPS) is 12.3. The quantitative estimate of drug-likeness (QED) is 0.774. The van der Waals surface area contributed by atoms with Gasteiger partial charge < -0.3 is 4.90 Å². The van der Waals surface area contributed by atoms with E-state index in [2.05, 4.69) is 16.0 Å². The van der Waals surface area contributed by atoms with Crippen LogP contribution >= 0.6 is 11.6 Å². The lowest BCUT2D eigenvalue weighted by Crippen LogP contribution is -2.24. The van der Waals surface area contributed by atoms with Gasteiger partial charge in [0.2, 0.25) is 0 Å². The molecule has 1 unspecified atom stereocenters. The summed E-state index contributed by atoms with van der Waals surface area (Å²) in [5, 5.41) is 9.23. The average Bonchev–Trinajstić information content (AvgIpc) is 2.27. The Hall–Kier alpha value is -1.34. The number of hydrogen-bond donors (Lipinski definition) is 0. The molecule has 1 heterocycles. The first-order valence-electron chi connectivity index (χ1n) is 5.59. The van der Waals surface area contributed by atoms with Crippen LogP contribution in [-0.2, 0) is 0 Å². The zero-order chi connectivity index (χ0) is 13.0. The summed E-state index contributed by atoms with van der Waals surface area (Å²) in [7, 11) is 1.90. The van der Waals surface area contributed by atoms with Crippen molar-refractivity contribution in [3.05, 3.63) is 17.0 Å². The van der Waals surface area contributed by atoms with Gasteiger partial charge in [-0.2, -0.15) is 5.26 Å². The lowest BCUT2D eigenvalue weighted by molar-refractivity contribution is 0.699. The fourth-order valence-electron chi connectivity index (χ4n) is 1.42. The minimum absolute atomic E-state index is 0.0451. The van der Waals surface area contributed by atoms with Gasteiger partial charge in [0, 0.05) is 25.6 Å². The van der Waals surface area contributed by atoms with Crippen molar-refractivity contribution in [2.45, 2.75) is 26.7 Å². The molecule has 1 atom stereocenters. The summed E-state index contributed by atoms with van der Waals surface area (Å²) in [6.07, 6.45) is 0. The molecule has 0 saturated carbocycles. The van der Waals surface area contributed by atoms with E-state index in [9.17, 15) is 0 Å². The van der Waals surface area contributed by atoms with Crippen LogP contribution in [0.5, 0.6) is 0 Å². The van der Waals surface area contributed by atoms with Gasteiger partial charge in [-0.1, -0.05) is 25.4 Å². The minimum atomic E-state index is -0.0451. The number of hydrogen-bond acceptors (Lipinski definition) is 4. The number of halogens is 1. The van der Waals surface area contributed by atoms with Gasteiger partial charge in [-0.15, -0.1) is 0 Å². The Morgan fingerprint density at radius 3 is 2.59 bits per heavy atom. The number of rotatable bonds is 4. The summed E-state index contributed by atoms with van der Waals surface area (Å²) in [6, 6.07) is 3.92. The van der Waals surface area contributed by atoms with E-state index >= 15 is 0 Å². The number of nitriles is 1. The SMILES string of the molecule is CC(C#N)CN(C)c1cc(Cl)nc(C(C)C)n1. The molecule has 0 aliphatic carbocycles. The average molecular weight is 253 g/mol. The second-order valence-corrected chi connectivity index (χ2v) is 4.86. The molecular formula is C12H17ClN4. The third kappa shape index (κ3) is 3.86. The van der Waals surface area contributed by atoms with Crippen molar-refractivity contribution in [2.24, 2.45) is 5.92 Å². The van der Waals surface area contributed by atoms with E-state index in [1.165, 1.54) is 0 Å². The van der Waals surface area contributed by atoms with Gasteiger partial charge in [-0.3, -0.25) is 0 Å². The zero-order valence-electron chi connectivity index (χ0n) is 10.6. The molecule has 1 aromatic rings. The summed E-state index contributed by atoms with van der Waals surface area (Å²) in [6.45, 7) is 6.55. The van der Waals surface area contributed by atoms with E-state index in [-0.39, 0.29) is 11.8 Å². The van der Waals surface area contributed by atoms with Crippen molar-refractivity contribution in [2.75, 3.05) is 18.5 Å². The van der Waals surface area contributed by atoms with Crippen LogP contribution in [0.25, 0.3) is 0 Å². The lowest BCUT2D eigenvalue weighted by Gasteiger charge is -2.20. The molecule has 92 valence electrons. The van der Waals surface area contributed by atoms with Crippen molar-refractivity contribution < 1.29 is 0 Å². The molecule has 0 aliphatic heterocycles. The van der Waals surface area contributed by atoms with Crippen LogP contribution in [0.1, 0.15) is 32.5 Å². The largest absolute Gasteiger partial charge is 0.358 e. The highest BCUT2D eigenvalue weighted by Crippen LogP contribution is 2.19. The number of nitrogens with zero attached hydrogens (tertiary/aromatic N) is 4. The van der Waals surface area contributed by atoms with Crippen LogP contribution in [-0.4, -0.2) is 23.6 Å². The summed E-state index contributed by atoms with van der Waals surface area (Å²) >= 11 is 5.97. The van der Waals surface area contributed by atoms with Crippen molar-refractivity contribution in [3.63, 3.8) is 0 Å². The first kappa shape index (κ1) is 13.7. The van der Waals surface area contributed by atoms with Crippen LogP contribution in [0, 0.1) is 17.2 Å². The molecule has 0 radical (unpaired) electrons. The van der Waals surface area contributed by atoms with E-state index < -0.39 is 0 Å². The molecule has 0 aliphatic rings. The molecule has 1 rings (SSSR count). The topological polar surface area (TPSA) is 52.8 Å². The molecule has 17 heavy (non-hydrogen) atoms. The van der Waals surface area contributed by atoms with E-state index in [0.717, 1.165) is 11.6 Å². The molecule has 0 aromatic carbocycles. The maximum atomic E-state index is 8.79. The highest BCUT2D eigenvalue weighted by Gasteiger charge is 2.12. The van der Waals surface area contributed by atoms with Gasteiger partial charge >= 0.3 is 0 Å². The maximum absolute atomic E-state index is 8.79. The monoisotopic (exact) mass is 252 g/mol. The van der Waals surface area contributed by atoms with Crippen LogP contribution in [0.4, 0.5) is 5.82 Å². The van der Waals surface area contributed by atoms with Gasteiger partial charge in [0.25, 0.3) is 0 Å². The summed E-state index contributed by atoms with van der Waals surface area (Å²) in [5.41, 5.74) is 0. The second kappa shape index (κ2) is 5.83. The first-order chi connectivity index (χ1) is 7.93. The summed E-state index contributed by atoms with van der Waals surface area (Å²) < 4.78 is 0. The van der Waals surface area contributed by atoms with Gasteiger partial charge in [0.15, 0.2) is 0 Å². The lowest BCUT2D eigenvalue weighted by atomic mass is 10.2. The Kier molecular flexibility index (Phi) is 4.71. The predicted octanol–water partition coefficient (Wildman–Crippen LogP) is 2.85. The molecular weight excluding hydrogens is 236 g/mol. The van der Waals surface area contributed by atoms with Crippen molar-refractivity contribution in [1.29, 1.82) is 5.26 Å². The first-order valence-corrected chi connectivity index (χ1v) is 5.97. The Morgan fingerprint density at radius 2 is 2.06 bits per heavy atom. The molecule has 4 nitrogen and oxygen atoms in total. The minimum Gasteiger partial charge on any atom is -0.358 e. The Bertz CT molecular complexity index is 425. The Labute approximate surface area is 107 Å². The zero-order valence-corrected chi connectivity index (χ0v) is 11.4. The van der Waals surface area contributed by atoms with E-state index in [0.29, 0.717) is 11.7 Å². The predicted molar refractivity (Wildman–Crippen MR) is 69.2 cm³/mol.